The molecular formula is C24H33ClN4O. The van der Waals surface area contributed by atoms with E-state index in [-0.39, 0.29) is 23.5 Å². The van der Waals surface area contributed by atoms with Gasteiger partial charge in [0.25, 0.3) is 5.56 Å². The molecule has 0 aliphatic rings. The topological polar surface area (TPSA) is 61.0 Å². The van der Waals surface area contributed by atoms with Crippen molar-refractivity contribution in [2.75, 3.05) is 25.5 Å². The highest BCUT2D eigenvalue weighted by Gasteiger charge is 2.15. The number of halogens is 1. The van der Waals surface area contributed by atoms with Gasteiger partial charge >= 0.3 is 0 Å². The summed E-state index contributed by atoms with van der Waals surface area (Å²) < 4.78 is 0. The predicted molar refractivity (Wildman–Crippen MR) is 130 cm³/mol. The zero-order valence-electron chi connectivity index (χ0n) is 18.4. The van der Waals surface area contributed by atoms with Crippen LogP contribution in [0.25, 0.3) is 22.0 Å². The third-order valence-corrected chi connectivity index (χ3v) is 5.48. The summed E-state index contributed by atoms with van der Waals surface area (Å²) in [6.07, 6.45) is 3.56. The van der Waals surface area contributed by atoms with Gasteiger partial charge in [0.1, 0.15) is 0 Å². The quantitative estimate of drug-likeness (QED) is 0.476. The molecule has 2 N–H and O–H groups in total. The number of unbranched alkanes of at least 4 members (excludes halogenated alkanes) is 2. The van der Waals surface area contributed by atoms with E-state index in [4.69, 9.17) is 0 Å². The number of aromatic amines is 1. The van der Waals surface area contributed by atoms with Gasteiger partial charge in [-0.05, 0) is 65.4 Å². The lowest BCUT2D eigenvalue weighted by Crippen LogP contribution is -2.38. The number of aromatic nitrogens is 2. The fourth-order valence-corrected chi connectivity index (χ4v) is 3.33. The minimum absolute atomic E-state index is 0. The summed E-state index contributed by atoms with van der Waals surface area (Å²) in [6.45, 7) is 8.83. The van der Waals surface area contributed by atoms with Crippen LogP contribution in [0, 0.1) is 0 Å². The lowest BCUT2D eigenvalue weighted by Gasteiger charge is -2.31. The van der Waals surface area contributed by atoms with Crippen LogP contribution in [0.3, 0.4) is 0 Å². The Kier molecular flexibility index (Phi) is 8.44. The molecular weight excluding hydrogens is 396 g/mol. The first-order valence-corrected chi connectivity index (χ1v) is 10.4. The van der Waals surface area contributed by atoms with Crippen LogP contribution in [0.15, 0.2) is 53.3 Å². The minimum atomic E-state index is -0.157. The second-order valence-corrected chi connectivity index (χ2v) is 8.61. The molecule has 162 valence electrons. The number of nitrogens with one attached hydrogen (secondary N) is 2. The smallest absolute Gasteiger partial charge is 0.272 e. The van der Waals surface area contributed by atoms with Crippen molar-refractivity contribution in [2.45, 2.75) is 45.6 Å². The molecule has 0 amide bonds. The Labute approximate surface area is 185 Å². The normalized spacial score (nSPS) is 11.5. The Balaban J connectivity index is 0.00000320. The van der Waals surface area contributed by atoms with Crippen molar-refractivity contribution in [1.82, 2.24) is 15.1 Å². The molecule has 0 radical (unpaired) electrons. The average molecular weight is 429 g/mol. The van der Waals surface area contributed by atoms with E-state index in [9.17, 15) is 4.79 Å². The van der Waals surface area contributed by atoms with Gasteiger partial charge in [-0.15, -0.1) is 12.4 Å². The number of H-pyrrole nitrogens is 1. The van der Waals surface area contributed by atoms with E-state index in [0.29, 0.717) is 5.39 Å². The summed E-state index contributed by atoms with van der Waals surface area (Å²) in [7, 11) is 2.19. The first kappa shape index (κ1) is 23.9. The lowest BCUT2D eigenvalue weighted by atomic mass is 10.0. The van der Waals surface area contributed by atoms with Gasteiger partial charge in [-0.3, -0.25) is 4.79 Å². The van der Waals surface area contributed by atoms with Crippen LogP contribution in [0.5, 0.6) is 0 Å². The lowest BCUT2D eigenvalue weighted by molar-refractivity contribution is 0.172. The Hall–Kier alpha value is -2.37. The van der Waals surface area contributed by atoms with Gasteiger partial charge in [-0.25, -0.2) is 5.10 Å². The van der Waals surface area contributed by atoms with Gasteiger partial charge in [0.05, 0.1) is 11.1 Å². The van der Waals surface area contributed by atoms with Gasteiger partial charge in [0, 0.05) is 28.7 Å². The standard InChI is InChI=1S/C24H32N4O.ClH/c1-24(2,3)28(4)16-9-5-8-15-25-19-12-10-11-18(17-19)22-20-13-6-7-14-21(20)23(29)27-26-22;/h6-7,10-14,17,25H,5,8-9,15-16H2,1-4H3,(H,27,29);1H. The van der Waals surface area contributed by atoms with E-state index in [1.807, 2.05) is 36.4 Å². The van der Waals surface area contributed by atoms with Gasteiger partial charge in [0.2, 0.25) is 0 Å². The molecule has 0 saturated heterocycles. The monoisotopic (exact) mass is 428 g/mol. The molecule has 0 atom stereocenters. The van der Waals surface area contributed by atoms with E-state index in [1.165, 1.54) is 12.8 Å². The molecule has 3 rings (SSSR count). The maximum absolute atomic E-state index is 12.0. The van der Waals surface area contributed by atoms with Crippen LogP contribution in [0.4, 0.5) is 5.69 Å². The molecule has 0 bridgehead atoms. The van der Waals surface area contributed by atoms with E-state index in [0.717, 1.165) is 41.8 Å². The van der Waals surface area contributed by atoms with Crippen LogP contribution >= 0.6 is 12.4 Å². The number of benzene rings is 2. The zero-order valence-corrected chi connectivity index (χ0v) is 19.2. The largest absolute Gasteiger partial charge is 0.385 e. The Morgan fingerprint density at radius 3 is 2.47 bits per heavy atom. The van der Waals surface area contributed by atoms with Crippen molar-refractivity contribution in [1.29, 1.82) is 0 Å². The second-order valence-electron chi connectivity index (χ2n) is 8.61. The van der Waals surface area contributed by atoms with Crippen LogP contribution < -0.4 is 10.9 Å². The molecule has 1 aromatic heterocycles. The van der Waals surface area contributed by atoms with Crippen molar-refractivity contribution >= 4 is 28.9 Å². The Bertz CT molecular complexity index is 1010. The highest BCUT2D eigenvalue weighted by atomic mass is 35.5. The number of anilines is 1. The molecule has 1 heterocycles. The second kappa shape index (κ2) is 10.6. The molecule has 0 unspecified atom stereocenters. The molecule has 6 heteroatoms. The Morgan fingerprint density at radius 2 is 1.73 bits per heavy atom. The van der Waals surface area contributed by atoms with Crippen LogP contribution in [-0.2, 0) is 0 Å². The fraction of sp³-hybridized carbons (Fsp3) is 0.417. The molecule has 5 nitrogen and oxygen atoms in total. The summed E-state index contributed by atoms with van der Waals surface area (Å²) in [5, 5.41) is 12.0. The number of hydrogen-bond acceptors (Lipinski definition) is 4. The van der Waals surface area contributed by atoms with Crippen molar-refractivity contribution in [3.8, 4) is 11.3 Å². The van der Waals surface area contributed by atoms with E-state index >= 15 is 0 Å². The molecule has 30 heavy (non-hydrogen) atoms. The first-order valence-electron chi connectivity index (χ1n) is 10.4. The first-order chi connectivity index (χ1) is 13.9. The minimum Gasteiger partial charge on any atom is -0.385 e. The van der Waals surface area contributed by atoms with E-state index < -0.39 is 0 Å². The number of fused-ring (bicyclic) bond motifs is 1. The molecule has 0 aliphatic carbocycles. The van der Waals surface area contributed by atoms with Crippen LogP contribution in [0.1, 0.15) is 40.0 Å². The molecule has 2 aromatic carbocycles. The summed E-state index contributed by atoms with van der Waals surface area (Å²) in [5.41, 5.74) is 2.95. The maximum atomic E-state index is 12.0. The van der Waals surface area contributed by atoms with E-state index in [1.54, 1.807) is 0 Å². The number of nitrogens with zero attached hydrogens (tertiary/aromatic N) is 2. The highest BCUT2D eigenvalue weighted by molar-refractivity contribution is 5.94. The predicted octanol–water partition coefficient (Wildman–Crippen LogP) is 5.32. The molecule has 0 spiro atoms. The summed E-state index contributed by atoms with van der Waals surface area (Å²) in [6, 6.07) is 15.8. The fourth-order valence-electron chi connectivity index (χ4n) is 3.33. The third-order valence-electron chi connectivity index (χ3n) is 5.48. The van der Waals surface area contributed by atoms with Gasteiger partial charge in [-0.1, -0.05) is 36.8 Å². The van der Waals surface area contributed by atoms with E-state index in [2.05, 4.69) is 60.4 Å². The summed E-state index contributed by atoms with van der Waals surface area (Å²) >= 11 is 0. The zero-order chi connectivity index (χ0) is 20.9. The van der Waals surface area contributed by atoms with Crippen molar-refractivity contribution < 1.29 is 0 Å². The summed E-state index contributed by atoms with van der Waals surface area (Å²) in [5.74, 6) is 0. The summed E-state index contributed by atoms with van der Waals surface area (Å²) in [4.78, 5) is 14.4. The van der Waals surface area contributed by atoms with Gasteiger partial charge in [0.15, 0.2) is 0 Å². The molecule has 3 aromatic rings. The number of hydrogen-bond donors (Lipinski definition) is 2. The van der Waals surface area contributed by atoms with Crippen LogP contribution in [-0.4, -0.2) is 40.8 Å². The molecule has 0 aliphatic heterocycles. The SMILES string of the molecule is CN(CCCCCNc1cccc(-c2n[nH]c(=O)c3ccccc23)c1)C(C)(C)C.Cl. The van der Waals surface area contributed by atoms with Crippen molar-refractivity contribution in [2.24, 2.45) is 0 Å². The Morgan fingerprint density at radius 1 is 1.00 bits per heavy atom. The van der Waals surface area contributed by atoms with Crippen molar-refractivity contribution in [3.63, 3.8) is 0 Å². The van der Waals surface area contributed by atoms with Gasteiger partial charge < -0.3 is 10.2 Å². The third kappa shape index (κ3) is 6.07. The van der Waals surface area contributed by atoms with Crippen molar-refractivity contribution in [3.05, 3.63) is 58.9 Å². The number of rotatable bonds is 8. The highest BCUT2D eigenvalue weighted by Crippen LogP contribution is 2.26. The van der Waals surface area contributed by atoms with Crippen LogP contribution in [0.2, 0.25) is 0 Å². The average Bonchev–Trinajstić information content (AvgIpc) is 2.70. The molecule has 0 saturated carbocycles. The maximum Gasteiger partial charge on any atom is 0.272 e. The molecule has 0 fully saturated rings. The van der Waals surface area contributed by atoms with Gasteiger partial charge in [-0.2, -0.15) is 5.10 Å².